The molecule has 1 heterocycles. The number of amides is 2. The second-order valence-corrected chi connectivity index (χ2v) is 4.27. The van der Waals surface area contributed by atoms with Crippen LogP contribution in [0, 0.1) is 5.92 Å². The number of carbonyl (C=O) groups excluding carboxylic acids is 2. The van der Waals surface area contributed by atoms with E-state index in [2.05, 4.69) is 5.32 Å². The lowest BCUT2D eigenvalue weighted by atomic mass is 9.96. The summed E-state index contributed by atoms with van der Waals surface area (Å²) in [6.45, 7) is 0.815. The van der Waals surface area contributed by atoms with E-state index in [4.69, 9.17) is 5.11 Å². The van der Waals surface area contributed by atoms with Crippen LogP contribution in [0.5, 0.6) is 0 Å². The number of piperidine rings is 1. The maximum atomic E-state index is 12.2. The molecule has 1 saturated heterocycles. The first-order valence-electron chi connectivity index (χ1n) is 6.01. The van der Waals surface area contributed by atoms with Crippen LogP contribution in [-0.4, -0.2) is 54.5 Å². The summed E-state index contributed by atoms with van der Waals surface area (Å²) < 4.78 is 24.4. The first-order chi connectivity index (χ1) is 8.56. The summed E-state index contributed by atoms with van der Waals surface area (Å²) in [5, 5.41) is 11.2. The lowest BCUT2D eigenvalue weighted by molar-refractivity contribution is -0.145. The number of carbonyl (C=O) groups is 2. The Morgan fingerprint density at radius 1 is 1.33 bits per heavy atom. The van der Waals surface area contributed by atoms with Gasteiger partial charge in [0, 0.05) is 32.2 Å². The van der Waals surface area contributed by atoms with Crippen LogP contribution in [0.4, 0.5) is 8.78 Å². The molecular formula is C11H18F2N2O3. The number of hydrogen-bond donors (Lipinski definition) is 2. The van der Waals surface area contributed by atoms with Crippen molar-refractivity contribution in [3.05, 3.63) is 0 Å². The van der Waals surface area contributed by atoms with E-state index in [1.807, 2.05) is 0 Å². The van der Waals surface area contributed by atoms with Gasteiger partial charge < -0.3 is 15.3 Å². The minimum atomic E-state index is -2.97. The Morgan fingerprint density at radius 2 is 1.94 bits per heavy atom. The fourth-order valence-corrected chi connectivity index (χ4v) is 1.94. The molecule has 0 saturated carbocycles. The molecule has 5 nitrogen and oxygen atoms in total. The van der Waals surface area contributed by atoms with Gasteiger partial charge in [-0.2, -0.15) is 8.78 Å². The van der Waals surface area contributed by atoms with Crippen LogP contribution in [0.25, 0.3) is 0 Å². The van der Waals surface area contributed by atoms with Gasteiger partial charge in [0.25, 0.3) is 5.91 Å². The summed E-state index contributed by atoms with van der Waals surface area (Å²) in [6, 6.07) is 0. The van der Waals surface area contributed by atoms with E-state index in [-0.39, 0.29) is 31.5 Å². The van der Waals surface area contributed by atoms with Gasteiger partial charge in [-0.1, -0.05) is 0 Å². The van der Waals surface area contributed by atoms with Crippen LogP contribution in [0.3, 0.4) is 0 Å². The van der Waals surface area contributed by atoms with Crippen molar-refractivity contribution in [2.75, 3.05) is 26.2 Å². The molecule has 1 fully saturated rings. The van der Waals surface area contributed by atoms with E-state index < -0.39 is 12.3 Å². The second kappa shape index (κ2) is 7.25. The number of halogens is 2. The minimum Gasteiger partial charge on any atom is -0.396 e. The molecular weight excluding hydrogens is 246 g/mol. The number of aliphatic hydroxyl groups is 1. The van der Waals surface area contributed by atoms with Crippen molar-refractivity contribution < 1.29 is 23.5 Å². The van der Waals surface area contributed by atoms with Gasteiger partial charge in [0.2, 0.25) is 5.91 Å². The number of alkyl halides is 2. The van der Waals surface area contributed by atoms with Crippen molar-refractivity contribution in [2.24, 2.45) is 5.92 Å². The second-order valence-electron chi connectivity index (χ2n) is 4.27. The van der Waals surface area contributed by atoms with E-state index in [1.165, 1.54) is 0 Å². The summed E-state index contributed by atoms with van der Waals surface area (Å²) >= 11 is 0. The Kier molecular flexibility index (Phi) is 5.97. The van der Waals surface area contributed by atoms with E-state index in [9.17, 15) is 18.4 Å². The third kappa shape index (κ3) is 4.21. The molecule has 0 aromatic carbocycles. The van der Waals surface area contributed by atoms with Gasteiger partial charge in [-0.15, -0.1) is 0 Å². The maximum absolute atomic E-state index is 12.2. The van der Waals surface area contributed by atoms with E-state index in [1.54, 1.807) is 0 Å². The zero-order valence-electron chi connectivity index (χ0n) is 10.1. The number of rotatable bonds is 5. The molecule has 1 aliphatic heterocycles. The summed E-state index contributed by atoms with van der Waals surface area (Å²) in [4.78, 5) is 23.8. The summed E-state index contributed by atoms with van der Waals surface area (Å²) in [7, 11) is 0. The molecule has 2 amide bonds. The zero-order valence-corrected chi connectivity index (χ0v) is 10.1. The summed E-state index contributed by atoms with van der Waals surface area (Å²) in [5.41, 5.74) is 0. The first kappa shape index (κ1) is 14.8. The molecule has 0 radical (unpaired) electrons. The molecule has 1 rings (SSSR count). The molecule has 0 aliphatic carbocycles. The Labute approximate surface area is 104 Å². The van der Waals surface area contributed by atoms with E-state index in [0.29, 0.717) is 25.8 Å². The van der Waals surface area contributed by atoms with Crippen molar-refractivity contribution in [3.63, 3.8) is 0 Å². The Bertz CT molecular complexity index is 292. The Balaban J connectivity index is 2.30. The molecule has 0 unspecified atom stereocenters. The third-order valence-electron chi connectivity index (χ3n) is 3.00. The van der Waals surface area contributed by atoms with Gasteiger partial charge in [0.15, 0.2) is 0 Å². The van der Waals surface area contributed by atoms with Crippen molar-refractivity contribution in [3.8, 4) is 0 Å². The number of nitrogens with zero attached hydrogens (tertiary/aromatic N) is 1. The zero-order chi connectivity index (χ0) is 13.5. The molecule has 7 heteroatoms. The van der Waals surface area contributed by atoms with Crippen molar-refractivity contribution in [2.45, 2.75) is 25.7 Å². The highest BCUT2D eigenvalue weighted by molar-refractivity contribution is 5.81. The predicted molar refractivity (Wildman–Crippen MR) is 60.0 cm³/mol. The SMILES string of the molecule is O=C(NCCCO)C1CCN(C(=O)C(F)F)CC1. The highest BCUT2D eigenvalue weighted by Gasteiger charge is 2.30. The van der Waals surface area contributed by atoms with Crippen LogP contribution in [-0.2, 0) is 9.59 Å². The van der Waals surface area contributed by atoms with Gasteiger partial charge in [-0.25, -0.2) is 0 Å². The van der Waals surface area contributed by atoms with Gasteiger partial charge in [0.05, 0.1) is 0 Å². The van der Waals surface area contributed by atoms with Gasteiger partial charge in [-0.3, -0.25) is 9.59 Å². The average molecular weight is 264 g/mol. The standard InChI is InChI=1S/C11H18F2N2O3/c12-9(13)11(18)15-5-2-8(3-6-15)10(17)14-4-1-7-16/h8-9,16H,1-7H2,(H,14,17). The smallest absolute Gasteiger partial charge is 0.315 e. The largest absolute Gasteiger partial charge is 0.396 e. The predicted octanol–water partition coefficient (Wildman–Crippen LogP) is -0.0113. The molecule has 0 aromatic heterocycles. The first-order valence-corrected chi connectivity index (χ1v) is 6.01. The Morgan fingerprint density at radius 3 is 2.44 bits per heavy atom. The maximum Gasteiger partial charge on any atom is 0.315 e. The van der Waals surface area contributed by atoms with Gasteiger partial charge >= 0.3 is 6.43 Å². The highest BCUT2D eigenvalue weighted by Crippen LogP contribution is 2.18. The highest BCUT2D eigenvalue weighted by atomic mass is 19.3. The van der Waals surface area contributed by atoms with Gasteiger partial charge in [-0.05, 0) is 19.3 Å². The van der Waals surface area contributed by atoms with Crippen LogP contribution in [0.1, 0.15) is 19.3 Å². The lowest BCUT2D eigenvalue weighted by Gasteiger charge is -2.31. The fraction of sp³-hybridized carbons (Fsp3) is 0.818. The monoisotopic (exact) mass is 264 g/mol. The summed E-state index contributed by atoms with van der Waals surface area (Å²) in [6.07, 6.45) is -1.67. The van der Waals surface area contributed by atoms with Crippen molar-refractivity contribution in [1.82, 2.24) is 10.2 Å². The van der Waals surface area contributed by atoms with E-state index in [0.717, 1.165) is 4.90 Å². The molecule has 0 atom stereocenters. The van der Waals surface area contributed by atoms with Crippen LogP contribution >= 0.6 is 0 Å². The lowest BCUT2D eigenvalue weighted by Crippen LogP contribution is -2.45. The average Bonchev–Trinajstić information content (AvgIpc) is 2.38. The number of likely N-dealkylation sites (tertiary alicyclic amines) is 1. The van der Waals surface area contributed by atoms with Crippen LogP contribution in [0.15, 0.2) is 0 Å². The number of aliphatic hydroxyl groups excluding tert-OH is 1. The number of nitrogens with one attached hydrogen (secondary N) is 1. The third-order valence-corrected chi connectivity index (χ3v) is 3.00. The molecule has 0 aromatic rings. The fourth-order valence-electron chi connectivity index (χ4n) is 1.94. The summed E-state index contributed by atoms with van der Waals surface area (Å²) in [5.74, 6) is -1.52. The molecule has 2 N–H and O–H groups in total. The molecule has 104 valence electrons. The minimum absolute atomic E-state index is 0.0155. The molecule has 1 aliphatic rings. The van der Waals surface area contributed by atoms with Crippen molar-refractivity contribution in [1.29, 1.82) is 0 Å². The van der Waals surface area contributed by atoms with E-state index >= 15 is 0 Å². The quantitative estimate of drug-likeness (QED) is 0.686. The van der Waals surface area contributed by atoms with Crippen molar-refractivity contribution >= 4 is 11.8 Å². The molecule has 18 heavy (non-hydrogen) atoms. The molecule has 0 spiro atoms. The Hall–Kier alpha value is -1.24. The molecule has 0 bridgehead atoms. The topological polar surface area (TPSA) is 69.6 Å². The van der Waals surface area contributed by atoms with Crippen LogP contribution < -0.4 is 5.32 Å². The van der Waals surface area contributed by atoms with Gasteiger partial charge in [0.1, 0.15) is 0 Å². The normalized spacial score (nSPS) is 17.0. The van der Waals surface area contributed by atoms with Crippen LogP contribution in [0.2, 0.25) is 0 Å². The number of hydrogen-bond acceptors (Lipinski definition) is 3.